The van der Waals surface area contributed by atoms with Gasteiger partial charge in [0.05, 0.1) is 29.4 Å². The van der Waals surface area contributed by atoms with Crippen molar-refractivity contribution in [3.8, 4) is 0 Å². The Hall–Kier alpha value is -2.57. The van der Waals surface area contributed by atoms with Crippen LogP contribution >= 0.6 is 0 Å². The van der Waals surface area contributed by atoms with Crippen molar-refractivity contribution in [2.24, 2.45) is 0 Å². The molecule has 1 aromatic carbocycles. The summed E-state index contributed by atoms with van der Waals surface area (Å²) in [6.45, 7) is 10.2. The van der Waals surface area contributed by atoms with Crippen LogP contribution in [0.2, 0.25) is 0 Å². The lowest BCUT2D eigenvalue weighted by atomic mass is 9.95. The molecule has 0 amide bonds. The molecule has 0 aliphatic heterocycles. The normalized spacial score (nSPS) is 11.8. The van der Waals surface area contributed by atoms with E-state index in [0.29, 0.717) is 16.3 Å². The molecule has 2 heterocycles. The van der Waals surface area contributed by atoms with Crippen molar-refractivity contribution in [1.82, 2.24) is 14.3 Å². The van der Waals surface area contributed by atoms with Crippen LogP contribution in [0.25, 0.3) is 0 Å². The number of nitrogens with zero attached hydrogens (tertiary/aromatic N) is 3. The second kappa shape index (κ2) is 8.43. The molecule has 0 spiro atoms. The third kappa shape index (κ3) is 4.23. The van der Waals surface area contributed by atoms with E-state index in [1.54, 1.807) is 12.4 Å². The Morgan fingerprint density at radius 1 is 0.690 bits per heavy atom. The minimum Gasteiger partial charge on any atom is -0.260 e. The predicted octanol–water partition coefficient (Wildman–Crippen LogP) is 4.41. The van der Waals surface area contributed by atoms with Gasteiger partial charge in [0, 0.05) is 12.4 Å². The van der Waals surface area contributed by atoms with Gasteiger partial charge in [0.1, 0.15) is 0 Å². The Morgan fingerprint density at radius 3 is 1.48 bits per heavy atom. The van der Waals surface area contributed by atoms with Gasteiger partial charge in [-0.15, -0.1) is 0 Å². The van der Waals surface area contributed by atoms with E-state index in [1.165, 1.54) is 4.31 Å². The summed E-state index contributed by atoms with van der Waals surface area (Å²) < 4.78 is 29.2. The highest BCUT2D eigenvalue weighted by atomic mass is 32.2. The van der Waals surface area contributed by atoms with E-state index >= 15 is 0 Å². The Labute approximate surface area is 173 Å². The van der Waals surface area contributed by atoms with Gasteiger partial charge in [-0.2, -0.15) is 4.31 Å². The molecule has 6 heteroatoms. The van der Waals surface area contributed by atoms with E-state index in [9.17, 15) is 8.42 Å². The zero-order chi connectivity index (χ0) is 21.2. The summed E-state index contributed by atoms with van der Waals surface area (Å²) in [6.07, 6.45) is 3.36. The maximum atomic E-state index is 13.9. The molecule has 0 N–H and O–H groups in total. The highest BCUT2D eigenvalue weighted by Gasteiger charge is 2.30. The van der Waals surface area contributed by atoms with Crippen molar-refractivity contribution in [2.45, 2.75) is 52.6 Å². The predicted molar refractivity (Wildman–Crippen MR) is 115 cm³/mol. The van der Waals surface area contributed by atoms with E-state index < -0.39 is 10.0 Å². The number of hydrogen-bond donors (Lipinski definition) is 0. The number of pyridine rings is 2. The van der Waals surface area contributed by atoms with Crippen LogP contribution in [-0.2, 0) is 23.1 Å². The molecule has 2 aromatic heterocycles. The molecule has 152 valence electrons. The van der Waals surface area contributed by atoms with Crippen LogP contribution in [-0.4, -0.2) is 22.7 Å². The maximum absolute atomic E-state index is 13.9. The van der Waals surface area contributed by atoms with Gasteiger partial charge in [-0.05, 0) is 86.7 Å². The average molecular weight is 410 g/mol. The van der Waals surface area contributed by atoms with Gasteiger partial charge in [0.25, 0.3) is 0 Å². The van der Waals surface area contributed by atoms with E-state index in [2.05, 4.69) is 9.97 Å². The monoisotopic (exact) mass is 409 g/mol. The lowest BCUT2D eigenvalue weighted by Gasteiger charge is -2.26. The van der Waals surface area contributed by atoms with Gasteiger partial charge in [-0.3, -0.25) is 9.97 Å². The first-order chi connectivity index (χ1) is 13.7. The fourth-order valence-electron chi connectivity index (χ4n) is 3.55. The standard InChI is InChI=1S/C23H27N3O2S/c1-16-17(2)19(4)23(20(5)18(16)3)29(27,28)26(14-21-10-6-8-12-24-21)15-22-11-7-9-13-25-22/h6-13H,14-15H2,1-5H3. The van der Waals surface area contributed by atoms with E-state index in [1.807, 2.05) is 71.0 Å². The summed E-state index contributed by atoms with van der Waals surface area (Å²) in [6, 6.07) is 11.1. The molecule has 3 aromatic rings. The maximum Gasteiger partial charge on any atom is 0.244 e. The van der Waals surface area contributed by atoms with E-state index in [4.69, 9.17) is 0 Å². The number of aromatic nitrogens is 2. The van der Waals surface area contributed by atoms with Crippen LogP contribution in [0.1, 0.15) is 39.2 Å². The molecule has 0 aliphatic carbocycles. The van der Waals surface area contributed by atoms with Gasteiger partial charge in [-0.1, -0.05) is 12.1 Å². The molecule has 5 nitrogen and oxygen atoms in total. The summed E-state index contributed by atoms with van der Waals surface area (Å²) in [5.74, 6) is 0. The minimum atomic E-state index is -3.77. The molecule has 0 bridgehead atoms. The Morgan fingerprint density at radius 2 is 1.10 bits per heavy atom. The van der Waals surface area contributed by atoms with Crippen molar-refractivity contribution in [1.29, 1.82) is 0 Å². The second-order valence-electron chi connectivity index (χ2n) is 7.37. The van der Waals surface area contributed by atoms with Crippen molar-refractivity contribution in [3.63, 3.8) is 0 Å². The first kappa shape index (κ1) is 21.1. The number of rotatable bonds is 6. The van der Waals surface area contributed by atoms with Crippen molar-refractivity contribution < 1.29 is 8.42 Å². The number of hydrogen-bond acceptors (Lipinski definition) is 4. The average Bonchev–Trinajstić information content (AvgIpc) is 2.72. The van der Waals surface area contributed by atoms with E-state index in [0.717, 1.165) is 27.8 Å². The Kier molecular flexibility index (Phi) is 6.15. The lowest BCUT2D eigenvalue weighted by molar-refractivity contribution is 0.392. The second-order valence-corrected chi connectivity index (χ2v) is 9.24. The molecule has 0 fully saturated rings. The van der Waals surface area contributed by atoms with Gasteiger partial charge < -0.3 is 0 Å². The van der Waals surface area contributed by atoms with Crippen LogP contribution in [0.5, 0.6) is 0 Å². The molecule has 3 rings (SSSR count). The molecule has 0 radical (unpaired) electrons. The van der Waals surface area contributed by atoms with Crippen molar-refractivity contribution >= 4 is 10.0 Å². The van der Waals surface area contributed by atoms with Crippen LogP contribution in [0.15, 0.2) is 53.7 Å². The molecular formula is C23H27N3O2S. The van der Waals surface area contributed by atoms with Gasteiger partial charge >= 0.3 is 0 Å². The first-order valence-corrected chi connectivity index (χ1v) is 11.0. The summed E-state index contributed by atoms with van der Waals surface area (Å²) in [7, 11) is -3.77. The SMILES string of the molecule is Cc1c(C)c(C)c(S(=O)(=O)N(Cc2ccccn2)Cc2ccccn2)c(C)c1C. The molecule has 0 atom stereocenters. The molecule has 0 saturated carbocycles. The molecule has 29 heavy (non-hydrogen) atoms. The fourth-order valence-corrected chi connectivity index (χ4v) is 5.49. The lowest BCUT2D eigenvalue weighted by Crippen LogP contribution is -2.32. The highest BCUT2D eigenvalue weighted by Crippen LogP contribution is 2.32. The fraction of sp³-hybridized carbons (Fsp3) is 0.304. The summed E-state index contributed by atoms with van der Waals surface area (Å²) in [5, 5.41) is 0. The summed E-state index contributed by atoms with van der Waals surface area (Å²) in [5.41, 5.74) is 6.17. The van der Waals surface area contributed by atoms with Crippen LogP contribution in [0, 0.1) is 34.6 Å². The molecule has 0 unspecified atom stereocenters. The Bertz CT molecular complexity index is 1040. The largest absolute Gasteiger partial charge is 0.260 e. The van der Waals surface area contributed by atoms with Gasteiger partial charge in [0.15, 0.2) is 0 Å². The quantitative estimate of drug-likeness (QED) is 0.605. The van der Waals surface area contributed by atoms with Crippen LogP contribution < -0.4 is 0 Å². The zero-order valence-corrected chi connectivity index (χ0v) is 18.4. The Balaban J connectivity index is 2.14. The molecule has 0 saturated heterocycles. The first-order valence-electron chi connectivity index (χ1n) is 9.60. The number of sulfonamides is 1. The van der Waals surface area contributed by atoms with Crippen LogP contribution in [0.3, 0.4) is 0 Å². The molecular weight excluding hydrogens is 382 g/mol. The topological polar surface area (TPSA) is 63.2 Å². The smallest absolute Gasteiger partial charge is 0.244 e. The zero-order valence-electron chi connectivity index (χ0n) is 17.6. The third-order valence-electron chi connectivity index (χ3n) is 5.66. The van der Waals surface area contributed by atoms with Gasteiger partial charge in [0.2, 0.25) is 10.0 Å². The van der Waals surface area contributed by atoms with Crippen molar-refractivity contribution in [3.05, 3.63) is 88.0 Å². The molecule has 0 aliphatic rings. The summed E-state index contributed by atoms with van der Waals surface area (Å²) in [4.78, 5) is 9.06. The summed E-state index contributed by atoms with van der Waals surface area (Å²) >= 11 is 0. The third-order valence-corrected chi connectivity index (χ3v) is 7.72. The van der Waals surface area contributed by atoms with Gasteiger partial charge in [-0.25, -0.2) is 8.42 Å². The van der Waals surface area contributed by atoms with Crippen molar-refractivity contribution in [2.75, 3.05) is 0 Å². The van der Waals surface area contributed by atoms with E-state index in [-0.39, 0.29) is 13.1 Å². The minimum absolute atomic E-state index is 0.185. The van der Waals surface area contributed by atoms with Crippen LogP contribution in [0.4, 0.5) is 0 Å². The number of benzene rings is 1. The highest BCUT2D eigenvalue weighted by molar-refractivity contribution is 7.89.